The fourth-order valence-corrected chi connectivity index (χ4v) is 3.72. The monoisotopic (exact) mass is 358 g/mol. The third-order valence-electron chi connectivity index (χ3n) is 5.02. The van der Waals surface area contributed by atoms with E-state index >= 15 is 0 Å². The van der Waals surface area contributed by atoms with Crippen molar-refractivity contribution in [1.82, 2.24) is 19.9 Å². The van der Waals surface area contributed by atoms with Crippen molar-refractivity contribution in [2.45, 2.75) is 25.7 Å². The third-order valence-corrected chi connectivity index (χ3v) is 5.02. The Morgan fingerprint density at radius 2 is 2.00 bits per heavy atom. The minimum Gasteiger partial charge on any atom is -0.338 e. The van der Waals surface area contributed by atoms with Gasteiger partial charge in [-0.15, -0.1) is 0 Å². The van der Waals surface area contributed by atoms with E-state index in [9.17, 15) is 4.79 Å². The average molecular weight is 358 g/mol. The van der Waals surface area contributed by atoms with Crippen LogP contribution in [0.2, 0.25) is 0 Å². The second kappa shape index (κ2) is 7.66. The quantitative estimate of drug-likeness (QED) is 0.713. The summed E-state index contributed by atoms with van der Waals surface area (Å²) in [7, 11) is 0. The molecule has 0 spiro atoms. The van der Waals surface area contributed by atoms with Gasteiger partial charge >= 0.3 is 0 Å². The fourth-order valence-electron chi connectivity index (χ4n) is 3.72. The number of amides is 1. The molecular weight excluding hydrogens is 336 g/mol. The van der Waals surface area contributed by atoms with E-state index in [4.69, 9.17) is 0 Å². The van der Waals surface area contributed by atoms with E-state index in [0.29, 0.717) is 12.1 Å². The van der Waals surface area contributed by atoms with Crippen molar-refractivity contribution in [3.63, 3.8) is 0 Å². The zero-order valence-electron chi connectivity index (χ0n) is 15.4. The molecule has 27 heavy (non-hydrogen) atoms. The van der Waals surface area contributed by atoms with Crippen LogP contribution in [0.25, 0.3) is 11.3 Å². The first-order valence-electron chi connectivity index (χ1n) is 9.29. The van der Waals surface area contributed by atoms with Gasteiger partial charge in [0.1, 0.15) is 0 Å². The van der Waals surface area contributed by atoms with Gasteiger partial charge in [0.2, 0.25) is 0 Å². The van der Waals surface area contributed by atoms with Crippen molar-refractivity contribution in [2.24, 2.45) is 0 Å². The first-order valence-corrected chi connectivity index (χ1v) is 9.29. The molecule has 0 saturated carbocycles. The lowest BCUT2D eigenvalue weighted by molar-refractivity contribution is 0.0705. The summed E-state index contributed by atoms with van der Waals surface area (Å²) in [6.45, 7) is 3.50. The van der Waals surface area contributed by atoms with Gasteiger partial charge in [0, 0.05) is 49.4 Å². The number of piperidine rings is 1. The maximum atomic E-state index is 12.8. The zero-order valence-corrected chi connectivity index (χ0v) is 15.4. The molecule has 3 aromatic rings. The first kappa shape index (κ1) is 17.3. The number of rotatable bonds is 3. The highest BCUT2D eigenvalue weighted by atomic mass is 16.2. The summed E-state index contributed by atoms with van der Waals surface area (Å²) >= 11 is 0. The van der Waals surface area contributed by atoms with Crippen molar-refractivity contribution < 1.29 is 4.79 Å². The van der Waals surface area contributed by atoms with E-state index in [1.54, 1.807) is 30.9 Å². The van der Waals surface area contributed by atoms with Crippen molar-refractivity contribution in [2.75, 3.05) is 13.1 Å². The number of pyridine rings is 1. The minimum absolute atomic E-state index is 0.0359. The number of aryl methyl sites for hydroxylation is 1. The van der Waals surface area contributed by atoms with Gasteiger partial charge in [-0.25, -0.2) is 0 Å². The maximum Gasteiger partial charge on any atom is 0.255 e. The Morgan fingerprint density at radius 1 is 1.11 bits per heavy atom. The second-order valence-corrected chi connectivity index (χ2v) is 6.99. The van der Waals surface area contributed by atoms with Crippen LogP contribution in [0.15, 0.2) is 61.2 Å². The van der Waals surface area contributed by atoms with Gasteiger partial charge in [0.05, 0.1) is 17.0 Å². The molecule has 0 N–H and O–H groups in total. The van der Waals surface area contributed by atoms with Crippen LogP contribution in [-0.4, -0.2) is 38.8 Å². The van der Waals surface area contributed by atoms with Gasteiger partial charge in [-0.05, 0) is 38.0 Å². The molecule has 1 aliphatic rings. The van der Waals surface area contributed by atoms with Gasteiger partial charge in [0.15, 0.2) is 0 Å². The van der Waals surface area contributed by atoms with E-state index in [1.807, 2.05) is 17.0 Å². The van der Waals surface area contributed by atoms with Crippen LogP contribution < -0.4 is 0 Å². The third kappa shape index (κ3) is 3.72. The zero-order chi connectivity index (χ0) is 18.6. The summed E-state index contributed by atoms with van der Waals surface area (Å²) < 4.78 is 0. The molecule has 1 aromatic carbocycles. The number of nitrogens with zero attached hydrogens (tertiary/aromatic N) is 4. The number of benzene rings is 1. The number of carbonyl (C=O) groups excluding carboxylic acids is 1. The Hall–Kier alpha value is -3.08. The van der Waals surface area contributed by atoms with E-state index in [0.717, 1.165) is 36.3 Å². The topological polar surface area (TPSA) is 59.0 Å². The highest BCUT2D eigenvalue weighted by Gasteiger charge is 2.28. The smallest absolute Gasteiger partial charge is 0.255 e. The van der Waals surface area contributed by atoms with Gasteiger partial charge in [-0.1, -0.05) is 23.8 Å². The standard InChI is InChI=1S/C22H22N4O/c1-16-5-2-6-17(13-16)20-21(25-11-10-24-20)19-8-4-12-26(15-19)22(27)18-7-3-9-23-14-18/h2-3,5-7,9-11,13-14,19H,4,8,12,15H2,1H3. The van der Waals surface area contributed by atoms with Crippen molar-refractivity contribution >= 4 is 5.91 Å². The molecule has 1 saturated heterocycles. The molecule has 3 heterocycles. The van der Waals surface area contributed by atoms with Gasteiger partial charge in [-0.2, -0.15) is 0 Å². The van der Waals surface area contributed by atoms with Gasteiger partial charge in [-0.3, -0.25) is 19.7 Å². The number of hydrogen-bond donors (Lipinski definition) is 0. The first-order chi connectivity index (χ1) is 13.2. The minimum atomic E-state index is 0.0359. The normalized spacial score (nSPS) is 16.9. The lowest BCUT2D eigenvalue weighted by Gasteiger charge is -2.33. The summed E-state index contributed by atoms with van der Waals surface area (Å²) in [5, 5.41) is 0. The molecule has 4 rings (SSSR count). The largest absolute Gasteiger partial charge is 0.338 e. The highest BCUT2D eigenvalue weighted by molar-refractivity contribution is 5.94. The molecule has 1 unspecified atom stereocenters. The number of hydrogen-bond acceptors (Lipinski definition) is 4. The molecule has 1 aliphatic heterocycles. The molecule has 1 fully saturated rings. The van der Waals surface area contributed by atoms with Gasteiger partial charge in [0.25, 0.3) is 5.91 Å². The second-order valence-electron chi connectivity index (χ2n) is 6.99. The highest BCUT2D eigenvalue weighted by Crippen LogP contribution is 2.32. The molecule has 2 aromatic heterocycles. The van der Waals surface area contributed by atoms with Crippen LogP contribution in [0, 0.1) is 6.92 Å². The Bertz CT molecular complexity index is 942. The van der Waals surface area contributed by atoms with Crippen molar-refractivity contribution in [1.29, 1.82) is 0 Å². The molecule has 136 valence electrons. The van der Waals surface area contributed by atoms with Crippen LogP contribution in [0.3, 0.4) is 0 Å². The maximum absolute atomic E-state index is 12.8. The summed E-state index contributed by atoms with van der Waals surface area (Å²) in [6, 6.07) is 11.9. The Balaban J connectivity index is 1.62. The van der Waals surface area contributed by atoms with E-state index < -0.39 is 0 Å². The lowest BCUT2D eigenvalue weighted by atomic mass is 9.91. The number of carbonyl (C=O) groups is 1. The fraction of sp³-hybridized carbons (Fsp3) is 0.273. The summed E-state index contributed by atoms with van der Waals surface area (Å²) in [5.74, 6) is 0.220. The van der Waals surface area contributed by atoms with E-state index in [2.05, 4.69) is 40.1 Å². The molecular formula is C22H22N4O. The number of aromatic nitrogens is 3. The lowest BCUT2D eigenvalue weighted by Crippen LogP contribution is -2.39. The molecule has 0 aliphatic carbocycles. The molecule has 0 radical (unpaired) electrons. The van der Waals surface area contributed by atoms with E-state index in [1.165, 1.54) is 5.56 Å². The molecule has 1 atom stereocenters. The summed E-state index contributed by atoms with van der Waals surface area (Å²) in [6.07, 6.45) is 8.77. The predicted octanol–water partition coefficient (Wildman–Crippen LogP) is 3.87. The number of likely N-dealkylation sites (tertiary alicyclic amines) is 1. The van der Waals surface area contributed by atoms with Crippen LogP contribution in [0.1, 0.15) is 40.4 Å². The average Bonchev–Trinajstić information content (AvgIpc) is 2.74. The van der Waals surface area contributed by atoms with Crippen LogP contribution in [0.4, 0.5) is 0 Å². The summed E-state index contributed by atoms with van der Waals surface area (Å²) in [4.78, 5) is 28.1. The SMILES string of the molecule is Cc1cccc(-c2nccnc2C2CCCN(C(=O)c3cccnc3)C2)c1. The van der Waals surface area contributed by atoms with Gasteiger partial charge < -0.3 is 4.90 Å². The summed E-state index contributed by atoms with van der Waals surface area (Å²) in [5.41, 5.74) is 4.81. The van der Waals surface area contributed by atoms with Crippen molar-refractivity contribution in [3.8, 4) is 11.3 Å². The molecule has 5 nitrogen and oxygen atoms in total. The Labute approximate surface area is 159 Å². The van der Waals surface area contributed by atoms with Crippen LogP contribution in [0.5, 0.6) is 0 Å². The predicted molar refractivity (Wildman–Crippen MR) is 104 cm³/mol. The molecule has 1 amide bonds. The van der Waals surface area contributed by atoms with Crippen LogP contribution >= 0.6 is 0 Å². The molecule has 0 bridgehead atoms. The van der Waals surface area contributed by atoms with E-state index in [-0.39, 0.29) is 11.8 Å². The Kier molecular flexibility index (Phi) is 4.92. The molecule has 5 heteroatoms. The Morgan fingerprint density at radius 3 is 2.81 bits per heavy atom. The van der Waals surface area contributed by atoms with Crippen molar-refractivity contribution in [3.05, 3.63) is 78.0 Å². The van der Waals surface area contributed by atoms with Crippen LogP contribution in [-0.2, 0) is 0 Å².